The highest BCUT2D eigenvalue weighted by atomic mass is 16.5. The summed E-state index contributed by atoms with van der Waals surface area (Å²) in [5.74, 6) is -2.46. The fourth-order valence-electron chi connectivity index (χ4n) is 4.41. The van der Waals surface area contributed by atoms with E-state index in [2.05, 4.69) is 10.6 Å². The van der Waals surface area contributed by atoms with E-state index < -0.39 is 47.9 Å². The van der Waals surface area contributed by atoms with Gasteiger partial charge in [-0.2, -0.15) is 0 Å². The second-order valence-electron chi connectivity index (χ2n) is 9.39. The molecule has 0 aliphatic carbocycles. The molecule has 0 saturated carbocycles. The summed E-state index contributed by atoms with van der Waals surface area (Å²) in [6.07, 6.45) is 1.86. The minimum atomic E-state index is -0.967. The van der Waals surface area contributed by atoms with E-state index in [0.29, 0.717) is 28.2 Å². The van der Waals surface area contributed by atoms with Gasteiger partial charge in [-0.1, -0.05) is 6.07 Å². The minimum absolute atomic E-state index is 0.0887. The molecule has 1 heterocycles. The molecule has 12 heteroatoms. The van der Waals surface area contributed by atoms with Gasteiger partial charge in [0, 0.05) is 11.6 Å². The zero-order valence-electron chi connectivity index (χ0n) is 24.4. The fourth-order valence-corrected chi connectivity index (χ4v) is 4.41. The van der Waals surface area contributed by atoms with Crippen molar-refractivity contribution in [2.24, 2.45) is 0 Å². The van der Waals surface area contributed by atoms with Crippen molar-refractivity contribution in [3.05, 3.63) is 53.1 Å². The molecule has 0 bridgehead atoms. The van der Waals surface area contributed by atoms with Gasteiger partial charge in [0.25, 0.3) is 0 Å². The van der Waals surface area contributed by atoms with E-state index in [0.717, 1.165) is 0 Å². The topological polar surface area (TPSA) is 159 Å². The molecule has 2 amide bonds. The maximum atomic E-state index is 13.7. The van der Waals surface area contributed by atoms with Crippen LogP contribution in [0.5, 0.6) is 23.0 Å². The number of hydrogen-bond acceptors (Lipinski definition) is 10. The number of rotatable bonds is 12. The molecule has 0 spiro atoms. The molecule has 1 aliphatic rings. The van der Waals surface area contributed by atoms with Crippen molar-refractivity contribution < 1.29 is 48.0 Å². The number of methoxy groups -OCH3 is 2. The number of carbonyl (C=O) groups excluding carboxylic acids is 4. The molecule has 3 rings (SSSR count). The first-order chi connectivity index (χ1) is 20.0. The summed E-state index contributed by atoms with van der Waals surface area (Å²) < 4.78 is 27.0. The lowest BCUT2D eigenvalue weighted by atomic mass is 9.88. The van der Waals surface area contributed by atoms with Crippen molar-refractivity contribution in [1.82, 2.24) is 10.6 Å². The maximum Gasteiger partial charge on any atom is 0.328 e. The number of phenolic OH excluding ortho intramolecular Hbond substituents is 1. The van der Waals surface area contributed by atoms with Crippen LogP contribution < -0.4 is 24.8 Å². The molecule has 0 radical (unpaired) electrons. The van der Waals surface area contributed by atoms with E-state index in [4.69, 9.17) is 23.7 Å². The highest BCUT2D eigenvalue weighted by Gasteiger charge is 2.43. The molecule has 2 aromatic rings. The molecular formula is C30H36N2O10. The first-order valence-corrected chi connectivity index (χ1v) is 13.4. The number of hydrogen-bond donors (Lipinski definition) is 3. The van der Waals surface area contributed by atoms with E-state index in [9.17, 15) is 24.3 Å². The molecule has 3 N–H and O–H groups in total. The van der Waals surface area contributed by atoms with E-state index >= 15 is 0 Å². The highest BCUT2D eigenvalue weighted by Crippen LogP contribution is 2.52. The van der Waals surface area contributed by atoms with Crippen LogP contribution in [0.15, 0.2) is 36.4 Å². The largest absolute Gasteiger partial charge is 0.504 e. The molecule has 12 nitrogen and oxygen atoms in total. The van der Waals surface area contributed by atoms with Crippen LogP contribution in [0.2, 0.25) is 0 Å². The van der Waals surface area contributed by atoms with Crippen molar-refractivity contribution in [2.75, 3.05) is 27.4 Å². The van der Waals surface area contributed by atoms with Crippen molar-refractivity contribution in [2.45, 2.75) is 51.8 Å². The zero-order chi connectivity index (χ0) is 31.0. The van der Waals surface area contributed by atoms with Crippen molar-refractivity contribution >= 4 is 29.8 Å². The summed E-state index contributed by atoms with van der Waals surface area (Å²) in [4.78, 5) is 50.3. The van der Waals surface area contributed by atoms with Gasteiger partial charge in [-0.05, 0) is 69.2 Å². The molecule has 2 aromatic carbocycles. The monoisotopic (exact) mass is 584 g/mol. The Kier molecular flexibility index (Phi) is 10.8. The Morgan fingerprint density at radius 2 is 1.55 bits per heavy atom. The Hall–Kier alpha value is -4.74. The number of esters is 2. The minimum Gasteiger partial charge on any atom is -0.504 e. The van der Waals surface area contributed by atoms with Crippen LogP contribution in [0.25, 0.3) is 6.08 Å². The van der Waals surface area contributed by atoms with Gasteiger partial charge in [-0.15, -0.1) is 0 Å². The van der Waals surface area contributed by atoms with Crippen LogP contribution in [0.3, 0.4) is 0 Å². The molecule has 0 unspecified atom stereocenters. The predicted octanol–water partition coefficient (Wildman–Crippen LogP) is 2.78. The molecular weight excluding hydrogens is 548 g/mol. The zero-order valence-corrected chi connectivity index (χ0v) is 24.4. The number of phenols is 1. The van der Waals surface area contributed by atoms with Gasteiger partial charge in [0.05, 0.1) is 27.4 Å². The van der Waals surface area contributed by atoms with Gasteiger partial charge in [0.15, 0.2) is 23.0 Å². The fraction of sp³-hybridized carbons (Fsp3) is 0.400. The Bertz CT molecular complexity index is 1360. The number of benzene rings is 2. The Balaban J connectivity index is 2.00. The first kappa shape index (κ1) is 31.8. The normalized spacial score (nSPS) is 16.9. The summed E-state index contributed by atoms with van der Waals surface area (Å²) >= 11 is 0. The van der Waals surface area contributed by atoms with Gasteiger partial charge in [-0.25, -0.2) is 9.59 Å². The van der Waals surface area contributed by atoms with Gasteiger partial charge in [-0.3, -0.25) is 9.59 Å². The smallest absolute Gasteiger partial charge is 0.328 e. The number of ether oxygens (including phenoxy) is 5. The number of carbonyl (C=O) groups is 4. The lowest BCUT2D eigenvalue weighted by Gasteiger charge is -2.21. The summed E-state index contributed by atoms with van der Waals surface area (Å²) in [5, 5.41) is 15.3. The van der Waals surface area contributed by atoms with Crippen LogP contribution in [-0.4, -0.2) is 68.4 Å². The maximum absolute atomic E-state index is 13.7. The quantitative estimate of drug-likeness (QED) is 0.250. The lowest BCUT2D eigenvalue weighted by molar-refractivity contribution is -0.147. The summed E-state index contributed by atoms with van der Waals surface area (Å²) in [5.41, 5.74) is 1.48. The molecule has 0 saturated heterocycles. The van der Waals surface area contributed by atoms with Gasteiger partial charge < -0.3 is 39.4 Å². The number of fused-ring (bicyclic) bond motifs is 1. The van der Waals surface area contributed by atoms with Crippen molar-refractivity contribution in [3.63, 3.8) is 0 Å². The standard InChI is InChI=1S/C30H36N2O10/c1-7-40-29(36)16(3)31-24(34)12-9-18-13-20-25(28(35)32-17(4)30(37)41-8-2)26(42-27(20)23(14-18)39-6)19-10-11-21(33)22(15-19)38-5/h9-17,25-26,33H,7-8H2,1-6H3,(H,31,34)(H,32,35)/b12-9+/t16-,17-,25-,26+/m0/s1. The summed E-state index contributed by atoms with van der Waals surface area (Å²) in [6, 6.07) is 6.11. The summed E-state index contributed by atoms with van der Waals surface area (Å²) in [7, 11) is 2.84. The van der Waals surface area contributed by atoms with Crippen LogP contribution in [0, 0.1) is 0 Å². The Morgan fingerprint density at radius 1 is 0.929 bits per heavy atom. The molecule has 226 valence electrons. The van der Waals surface area contributed by atoms with E-state index in [1.54, 1.807) is 38.1 Å². The van der Waals surface area contributed by atoms with Crippen molar-refractivity contribution in [3.8, 4) is 23.0 Å². The third-order valence-electron chi connectivity index (χ3n) is 6.45. The van der Waals surface area contributed by atoms with Gasteiger partial charge >= 0.3 is 11.9 Å². The Morgan fingerprint density at radius 3 is 2.14 bits per heavy atom. The second-order valence-corrected chi connectivity index (χ2v) is 9.39. The average molecular weight is 585 g/mol. The van der Waals surface area contributed by atoms with Gasteiger partial charge in [0.2, 0.25) is 11.8 Å². The van der Waals surface area contributed by atoms with E-state index in [1.165, 1.54) is 46.3 Å². The third kappa shape index (κ3) is 7.31. The Labute approximate surface area is 243 Å². The van der Waals surface area contributed by atoms with Crippen LogP contribution >= 0.6 is 0 Å². The van der Waals surface area contributed by atoms with Gasteiger partial charge in [0.1, 0.15) is 24.1 Å². The third-order valence-corrected chi connectivity index (χ3v) is 6.45. The SMILES string of the molecule is CCOC(=O)[C@H](C)NC(=O)/C=C/c1cc(OC)c2c(c1)[C@H](C(=O)N[C@@H](C)C(=O)OCC)[C@@H](c1ccc(O)c(OC)c1)O2. The number of aromatic hydroxyl groups is 1. The van der Waals surface area contributed by atoms with Crippen LogP contribution in [-0.2, 0) is 28.7 Å². The van der Waals surface area contributed by atoms with Crippen LogP contribution in [0.1, 0.15) is 56.4 Å². The average Bonchev–Trinajstić information content (AvgIpc) is 3.35. The predicted molar refractivity (Wildman–Crippen MR) is 151 cm³/mol. The molecule has 42 heavy (non-hydrogen) atoms. The van der Waals surface area contributed by atoms with Crippen molar-refractivity contribution in [1.29, 1.82) is 0 Å². The second kappa shape index (κ2) is 14.2. The number of nitrogens with one attached hydrogen (secondary N) is 2. The highest BCUT2D eigenvalue weighted by molar-refractivity contribution is 5.95. The molecule has 4 atom stereocenters. The number of amides is 2. The summed E-state index contributed by atoms with van der Waals surface area (Å²) in [6.45, 7) is 6.71. The van der Waals surface area contributed by atoms with E-state index in [1.807, 2.05) is 0 Å². The molecule has 0 fully saturated rings. The lowest BCUT2D eigenvalue weighted by Crippen LogP contribution is -2.42. The first-order valence-electron chi connectivity index (χ1n) is 13.4. The van der Waals surface area contributed by atoms with E-state index in [-0.39, 0.29) is 24.7 Å². The molecule has 0 aromatic heterocycles. The molecule has 1 aliphatic heterocycles. The van der Waals surface area contributed by atoms with Crippen LogP contribution in [0.4, 0.5) is 0 Å².